The number of rotatable bonds is 2. The molecule has 9 heteroatoms. The van der Waals surface area contributed by atoms with Crippen molar-refractivity contribution >= 4 is 33.5 Å². The van der Waals surface area contributed by atoms with Gasteiger partial charge in [-0.3, -0.25) is 9.78 Å². The number of aliphatic hydroxyl groups is 1. The summed E-state index contributed by atoms with van der Waals surface area (Å²) in [4.78, 5) is 31.8. The summed E-state index contributed by atoms with van der Waals surface area (Å²) < 4.78 is 5.76. The third-order valence-electron chi connectivity index (χ3n) is 5.51. The van der Waals surface area contributed by atoms with Crippen molar-refractivity contribution in [2.45, 2.75) is 37.9 Å². The molecule has 5 rings (SSSR count). The number of nitrogens with zero attached hydrogens (tertiary/aromatic N) is 3. The Kier molecular flexibility index (Phi) is 4.22. The maximum atomic E-state index is 12.7. The zero-order valence-corrected chi connectivity index (χ0v) is 17.2. The molecule has 1 fully saturated rings. The van der Waals surface area contributed by atoms with E-state index < -0.39 is 11.2 Å². The first kappa shape index (κ1) is 19.2. The predicted octanol–water partition coefficient (Wildman–Crippen LogP) is 3.29. The fourth-order valence-corrected chi connectivity index (χ4v) is 4.39. The Labute approximate surface area is 176 Å². The Morgan fingerprint density at radius 1 is 1.20 bits per heavy atom. The lowest BCUT2D eigenvalue weighted by molar-refractivity contribution is -0.149. The van der Waals surface area contributed by atoms with Crippen LogP contribution in [0.5, 0.6) is 0 Å². The van der Waals surface area contributed by atoms with Crippen LogP contribution in [0.2, 0.25) is 5.15 Å². The van der Waals surface area contributed by atoms with Crippen molar-refractivity contribution in [2.75, 3.05) is 6.61 Å². The van der Waals surface area contributed by atoms with Crippen LogP contribution in [0, 0.1) is 0 Å². The number of hydrogen-bond acceptors (Lipinski definition) is 6. The van der Waals surface area contributed by atoms with Gasteiger partial charge < -0.3 is 19.8 Å². The Balaban J connectivity index is 1.70. The smallest absolute Gasteiger partial charge is 0.259 e. The number of nitrogens with one attached hydrogen (secondary N) is 2. The fraction of sp³-hybridized carbons (Fsp3) is 0.333. The number of aromatic amines is 2. The first-order valence-corrected chi connectivity index (χ1v) is 10.0. The minimum absolute atomic E-state index is 0.238. The Hall–Kier alpha value is -2.81. The van der Waals surface area contributed by atoms with E-state index in [1.165, 1.54) is 0 Å². The van der Waals surface area contributed by atoms with Gasteiger partial charge in [0.15, 0.2) is 0 Å². The van der Waals surface area contributed by atoms with Crippen LogP contribution in [0.15, 0.2) is 35.4 Å². The van der Waals surface area contributed by atoms with Crippen LogP contribution in [-0.4, -0.2) is 42.2 Å². The van der Waals surface area contributed by atoms with Gasteiger partial charge in [0, 0.05) is 36.7 Å². The molecule has 30 heavy (non-hydrogen) atoms. The molecule has 8 nitrogen and oxygen atoms in total. The highest BCUT2D eigenvalue weighted by atomic mass is 35.5. The highest BCUT2D eigenvalue weighted by molar-refractivity contribution is 6.30. The summed E-state index contributed by atoms with van der Waals surface area (Å²) >= 11 is 6.26. The molecule has 154 valence electrons. The molecule has 1 saturated heterocycles. The summed E-state index contributed by atoms with van der Waals surface area (Å²) in [5.74, 6) is 0.372. The highest BCUT2D eigenvalue weighted by Gasteiger charge is 2.43. The Morgan fingerprint density at radius 3 is 2.83 bits per heavy atom. The van der Waals surface area contributed by atoms with Crippen molar-refractivity contribution < 1.29 is 9.84 Å². The van der Waals surface area contributed by atoms with Gasteiger partial charge in [-0.2, -0.15) is 0 Å². The first-order valence-electron chi connectivity index (χ1n) is 9.65. The molecular formula is C21H20ClN5O3. The zero-order valence-electron chi connectivity index (χ0n) is 16.5. The van der Waals surface area contributed by atoms with E-state index in [-0.39, 0.29) is 10.7 Å². The summed E-state index contributed by atoms with van der Waals surface area (Å²) in [6.07, 6.45) is 4.03. The average molecular weight is 426 g/mol. The second-order valence-corrected chi connectivity index (χ2v) is 8.70. The quantitative estimate of drug-likeness (QED) is 0.424. The molecule has 0 saturated carbocycles. The van der Waals surface area contributed by atoms with Gasteiger partial charge in [-0.25, -0.2) is 9.97 Å². The number of halogens is 1. The zero-order chi connectivity index (χ0) is 21.1. The number of pyridine rings is 3. The van der Waals surface area contributed by atoms with Crippen molar-refractivity contribution in [3.05, 3.63) is 51.8 Å². The minimum atomic E-state index is -1.24. The molecule has 5 heterocycles. The molecule has 0 aromatic carbocycles. The molecule has 1 unspecified atom stereocenters. The van der Waals surface area contributed by atoms with Crippen LogP contribution in [-0.2, 0) is 10.3 Å². The lowest BCUT2D eigenvalue weighted by Gasteiger charge is -2.41. The van der Waals surface area contributed by atoms with Gasteiger partial charge in [-0.15, -0.1) is 0 Å². The average Bonchev–Trinajstić information content (AvgIpc) is 3.09. The molecule has 0 radical (unpaired) electrons. The van der Waals surface area contributed by atoms with E-state index in [1.54, 1.807) is 30.6 Å². The third-order valence-corrected chi connectivity index (χ3v) is 5.70. The molecule has 3 N–H and O–H groups in total. The van der Waals surface area contributed by atoms with E-state index in [4.69, 9.17) is 16.3 Å². The summed E-state index contributed by atoms with van der Waals surface area (Å²) in [5, 5.41) is 12.5. The fourth-order valence-electron chi connectivity index (χ4n) is 4.20. The second kappa shape index (κ2) is 6.60. The van der Waals surface area contributed by atoms with Crippen molar-refractivity contribution in [1.82, 2.24) is 24.9 Å². The topological polar surface area (TPSA) is 117 Å². The van der Waals surface area contributed by atoms with Crippen LogP contribution in [0.25, 0.3) is 33.3 Å². The van der Waals surface area contributed by atoms with E-state index in [1.807, 2.05) is 13.8 Å². The summed E-state index contributed by atoms with van der Waals surface area (Å²) in [5.41, 5.74) is 0.514. The standard InChI is InChI=1S/C21H20ClN5O3/c1-20(2)10-21(29,4-6-30-20)17-16-14(8-15(22)26-17)24-18(27-16)12-7-11-9-23-5-3-13(11)25-19(12)28/h3,5,7-9,29H,4,6,10H2,1-2H3,(H,24,27)(H,25,28). The lowest BCUT2D eigenvalue weighted by atomic mass is 9.81. The highest BCUT2D eigenvalue weighted by Crippen LogP contribution is 2.41. The van der Waals surface area contributed by atoms with E-state index in [2.05, 4.69) is 24.9 Å². The van der Waals surface area contributed by atoms with Crippen LogP contribution < -0.4 is 5.56 Å². The van der Waals surface area contributed by atoms with E-state index in [9.17, 15) is 9.90 Å². The third kappa shape index (κ3) is 3.17. The van der Waals surface area contributed by atoms with Gasteiger partial charge in [0.25, 0.3) is 5.56 Å². The minimum Gasteiger partial charge on any atom is -0.383 e. The first-order chi connectivity index (χ1) is 14.2. The lowest BCUT2D eigenvalue weighted by Crippen LogP contribution is -2.44. The molecule has 0 bridgehead atoms. The monoisotopic (exact) mass is 425 g/mol. The van der Waals surface area contributed by atoms with Gasteiger partial charge >= 0.3 is 0 Å². The number of fused-ring (bicyclic) bond motifs is 2. The largest absolute Gasteiger partial charge is 0.383 e. The number of imidazole rings is 1. The Bertz CT molecular complexity index is 1350. The molecule has 0 amide bonds. The van der Waals surface area contributed by atoms with Crippen molar-refractivity contribution in [3.8, 4) is 11.4 Å². The van der Waals surface area contributed by atoms with Crippen LogP contribution in [0.1, 0.15) is 32.4 Å². The SMILES string of the molecule is CC1(C)CC(O)(c2nc(Cl)cc3[nH]c(-c4cc5cnccc5[nH]c4=O)nc23)CCO1. The number of ether oxygens (including phenoxy) is 1. The molecule has 4 aromatic rings. The number of aromatic nitrogens is 5. The van der Waals surface area contributed by atoms with Crippen LogP contribution in [0.4, 0.5) is 0 Å². The van der Waals surface area contributed by atoms with Crippen molar-refractivity contribution in [3.63, 3.8) is 0 Å². The molecule has 1 aliphatic rings. The number of H-pyrrole nitrogens is 2. The molecule has 1 atom stereocenters. The van der Waals surface area contributed by atoms with Crippen LogP contribution in [0.3, 0.4) is 0 Å². The second-order valence-electron chi connectivity index (χ2n) is 8.32. The molecular weight excluding hydrogens is 406 g/mol. The predicted molar refractivity (Wildman–Crippen MR) is 113 cm³/mol. The van der Waals surface area contributed by atoms with Crippen molar-refractivity contribution in [2.24, 2.45) is 0 Å². The Morgan fingerprint density at radius 2 is 2.03 bits per heavy atom. The molecule has 1 aliphatic heterocycles. The summed E-state index contributed by atoms with van der Waals surface area (Å²) in [6, 6.07) is 5.12. The maximum absolute atomic E-state index is 12.7. The molecule has 0 spiro atoms. The van der Waals surface area contributed by atoms with Gasteiger partial charge in [0.2, 0.25) is 0 Å². The van der Waals surface area contributed by atoms with Gasteiger partial charge in [-0.05, 0) is 26.0 Å². The maximum Gasteiger partial charge on any atom is 0.259 e. The summed E-state index contributed by atoms with van der Waals surface area (Å²) in [6.45, 7) is 4.25. The summed E-state index contributed by atoms with van der Waals surface area (Å²) in [7, 11) is 0. The van der Waals surface area contributed by atoms with Gasteiger partial charge in [-0.1, -0.05) is 11.6 Å². The molecule has 0 aliphatic carbocycles. The van der Waals surface area contributed by atoms with E-state index in [0.717, 1.165) is 5.39 Å². The van der Waals surface area contributed by atoms with E-state index in [0.29, 0.717) is 53.1 Å². The molecule has 4 aromatic heterocycles. The number of hydrogen-bond donors (Lipinski definition) is 3. The van der Waals surface area contributed by atoms with Crippen LogP contribution >= 0.6 is 11.6 Å². The normalized spacial score (nSPS) is 21.3. The van der Waals surface area contributed by atoms with Gasteiger partial charge in [0.05, 0.1) is 28.8 Å². The van der Waals surface area contributed by atoms with Gasteiger partial charge in [0.1, 0.15) is 27.8 Å². The van der Waals surface area contributed by atoms with E-state index >= 15 is 0 Å². The van der Waals surface area contributed by atoms with Crippen molar-refractivity contribution in [1.29, 1.82) is 0 Å².